The summed E-state index contributed by atoms with van der Waals surface area (Å²) < 4.78 is 25.1. The van der Waals surface area contributed by atoms with Gasteiger partial charge in [0.1, 0.15) is 17.3 Å². The molecule has 2 saturated heterocycles. The lowest BCUT2D eigenvalue weighted by Gasteiger charge is -2.49. The molecule has 3 heterocycles. The number of likely N-dealkylation sites (tertiary alicyclic amines) is 2. The summed E-state index contributed by atoms with van der Waals surface area (Å²) >= 11 is 0. The highest BCUT2D eigenvalue weighted by atomic mass is 19.1. The normalized spacial score (nSPS) is 22.0. The number of aromatic nitrogens is 1. The number of hydrogen-bond donors (Lipinski definition) is 0. The van der Waals surface area contributed by atoms with Crippen LogP contribution in [0.25, 0.3) is 11.5 Å². The van der Waals surface area contributed by atoms with Crippen LogP contribution in [0.4, 0.5) is 4.39 Å². The Bertz CT molecular complexity index is 801. The second-order valence-electron chi connectivity index (χ2n) is 7.80. The zero-order valence-electron chi connectivity index (χ0n) is 16.4. The fourth-order valence-corrected chi connectivity index (χ4v) is 4.24. The van der Waals surface area contributed by atoms with E-state index in [0.29, 0.717) is 29.3 Å². The number of aryl methyl sites for hydroxylation is 1. The van der Waals surface area contributed by atoms with Crippen LogP contribution in [0.1, 0.15) is 37.6 Å². The molecule has 2 fully saturated rings. The van der Waals surface area contributed by atoms with Crippen molar-refractivity contribution < 1.29 is 13.5 Å². The van der Waals surface area contributed by atoms with Gasteiger partial charge in [-0.2, -0.15) is 0 Å². The third-order valence-electron chi connectivity index (χ3n) is 5.93. The van der Waals surface area contributed by atoms with Crippen LogP contribution in [-0.2, 0) is 6.54 Å². The van der Waals surface area contributed by atoms with Gasteiger partial charge < -0.3 is 9.15 Å². The predicted octanol–water partition coefficient (Wildman–Crippen LogP) is 3.86. The van der Waals surface area contributed by atoms with E-state index in [1.165, 1.54) is 39.0 Å². The van der Waals surface area contributed by atoms with Crippen molar-refractivity contribution in [2.75, 3.05) is 26.7 Å². The lowest BCUT2D eigenvalue weighted by Crippen LogP contribution is -2.61. The standard InChI is InChI=1S/C21H28FN3O2/c1-14-6-4-5-9-25(14)16-11-24(12-16)13-20-15(2)27-21(23-20)18-8-7-17(26-3)10-19(18)22/h7-8,10,14,16H,4-6,9,11-13H2,1-3H3/t14-/m0/s1. The third-order valence-corrected chi connectivity index (χ3v) is 5.93. The molecule has 4 rings (SSSR count). The van der Waals surface area contributed by atoms with E-state index >= 15 is 0 Å². The number of rotatable bonds is 5. The first-order chi connectivity index (χ1) is 13.0. The summed E-state index contributed by atoms with van der Waals surface area (Å²) in [7, 11) is 1.52. The monoisotopic (exact) mass is 373 g/mol. The average molecular weight is 373 g/mol. The topological polar surface area (TPSA) is 41.7 Å². The van der Waals surface area contributed by atoms with E-state index in [4.69, 9.17) is 9.15 Å². The van der Waals surface area contributed by atoms with Gasteiger partial charge in [-0.05, 0) is 45.4 Å². The van der Waals surface area contributed by atoms with E-state index in [9.17, 15) is 4.39 Å². The first kappa shape index (κ1) is 18.4. The van der Waals surface area contributed by atoms with E-state index < -0.39 is 0 Å². The molecule has 0 unspecified atom stereocenters. The summed E-state index contributed by atoms with van der Waals surface area (Å²) in [5, 5.41) is 0. The van der Waals surface area contributed by atoms with Gasteiger partial charge in [-0.15, -0.1) is 0 Å². The first-order valence-electron chi connectivity index (χ1n) is 9.83. The molecular formula is C21H28FN3O2. The lowest BCUT2D eigenvalue weighted by molar-refractivity contribution is -0.00685. The molecule has 0 saturated carbocycles. The van der Waals surface area contributed by atoms with E-state index in [1.807, 2.05) is 6.92 Å². The van der Waals surface area contributed by atoms with Crippen molar-refractivity contribution in [3.8, 4) is 17.2 Å². The molecule has 5 nitrogen and oxygen atoms in total. The minimum atomic E-state index is -0.384. The van der Waals surface area contributed by atoms with Gasteiger partial charge in [-0.25, -0.2) is 9.37 Å². The predicted molar refractivity (Wildman–Crippen MR) is 102 cm³/mol. The van der Waals surface area contributed by atoms with Gasteiger partial charge in [-0.3, -0.25) is 9.80 Å². The smallest absolute Gasteiger partial charge is 0.229 e. The maximum Gasteiger partial charge on any atom is 0.229 e. The van der Waals surface area contributed by atoms with Crippen molar-refractivity contribution in [2.45, 2.75) is 51.7 Å². The summed E-state index contributed by atoms with van der Waals surface area (Å²) in [5.41, 5.74) is 1.26. The molecule has 0 spiro atoms. The highest BCUT2D eigenvalue weighted by molar-refractivity contribution is 5.56. The van der Waals surface area contributed by atoms with E-state index in [1.54, 1.807) is 12.1 Å². The molecule has 0 N–H and O–H groups in total. The first-order valence-corrected chi connectivity index (χ1v) is 9.83. The Morgan fingerprint density at radius 3 is 2.81 bits per heavy atom. The fraction of sp³-hybridized carbons (Fsp3) is 0.571. The lowest BCUT2D eigenvalue weighted by atomic mass is 9.97. The van der Waals surface area contributed by atoms with Gasteiger partial charge >= 0.3 is 0 Å². The fourth-order valence-electron chi connectivity index (χ4n) is 4.24. The Balaban J connectivity index is 1.40. The summed E-state index contributed by atoms with van der Waals surface area (Å²) in [4.78, 5) is 9.62. The van der Waals surface area contributed by atoms with Gasteiger partial charge in [0.2, 0.25) is 5.89 Å². The van der Waals surface area contributed by atoms with Crippen LogP contribution in [-0.4, -0.2) is 53.6 Å². The van der Waals surface area contributed by atoms with Crippen molar-refractivity contribution in [1.82, 2.24) is 14.8 Å². The van der Waals surface area contributed by atoms with Crippen molar-refractivity contribution in [3.63, 3.8) is 0 Å². The number of hydrogen-bond acceptors (Lipinski definition) is 5. The Hall–Kier alpha value is -1.92. The van der Waals surface area contributed by atoms with Crippen molar-refractivity contribution >= 4 is 0 Å². The Labute approximate surface area is 160 Å². The molecule has 0 radical (unpaired) electrons. The largest absolute Gasteiger partial charge is 0.497 e. The zero-order valence-corrected chi connectivity index (χ0v) is 16.4. The molecule has 6 heteroatoms. The van der Waals surface area contributed by atoms with Crippen LogP contribution in [0, 0.1) is 12.7 Å². The number of methoxy groups -OCH3 is 1. The van der Waals surface area contributed by atoms with Gasteiger partial charge in [0.25, 0.3) is 0 Å². The molecule has 0 amide bonds. The second-order valence-corrected chi connectivity index (χ2v) is 7.80. The number of piperidine rings is 1. The molecule has 0 bridgehead atoms. The van der Waals surface area contributed by atoms with Crippen LogP contribution >= 0.6 is 0 Å². The van der Waals surface area contributed by atoms with Gasteiger partial charge in [-0.1, -0.05) is 6.42 Å². The van der Waals surface area contributed by atoms with E-state index in [0.717, 1.165) is 31.1 Å². The minimum absolute atomic E-state index is 0.337. The highest BCUT2D eigenvalue weighted by Crippen LogP contribution is 2.29. The molecule has 1 aromatic carbocycles. The summed E-state index contributed by atoms with van der Waals surface area (Å²) in [6, 6.07) is 6.09. The molecule has 146 valence electrons. The minimum Gasteiger partial charge on any atom is -0.497 e. The number of ether oxygens (including phenoxy) is 1. The van der Waals surface area contributed by atoms with Crippen molar-refractivity contribution in [3.05, 3.63) is 35.5 Å². The Morgan fingerprint density at radius 2 is 2.11 bits per heavy atom. The molecule has 1 atom stereocenters. The molecular weight excluding hydrogens is 345 g/mol. The van der Waals surface area contributed by atoms with Crippen LogP contribution < -0.4 is 4.74 Å². The maximum absolute atomic E-state index is 14.3. The van der Waals surface area contributed by atoms with E-state index in [-0.39, 0.29) is 5.82 Å². The van der Waals surface area contributed by atoms with E-state index in [2.05, 4.69) is 21.7 Å². The van der Waals surface area contributed by atoms with Gasteiger partial charge in [0, 0.05) is 37.8 Å². The maximum atomic E-state index is 14.3. The number of oxazole rings is 1. The number of halogens is 1. The van der Waals surface area contributed by atoms with Crippen LogP contribution in [0.15, 0.2) is 22.6 Å². The quantitative estimate of drug-likeness (QED) is 0.796. The average Bonchev–Trinajstić information content (AvgIpc) is 2.98. The van der Waals surface area contributed by atoms with Crippen LogP contribution in [0.5, 0.6) is 5.75 Å². The SMILES string of the molecule is COc1ccc(-c2nc(CN3CC(N4CCCC[C@@H]4C)C3)c(C)o2)c(F)c1. The van der Waals surface area contributed by atoms with Gasteiger partial charge in [0.15, 0.2) is 0 Å². The molecule has 1 aromatic heterocycles. The summed E-state index contributed by atoms with van der Waals surface area (Å²) in [6.07, 6.45) is 3.99. The molecule has 27 heavy (non-hydrogen) atoms. The van der Waals surface area contributed by atoms with Crippen molar-refractivity contribution in [1.29, 1.82) is 0 Å². The number of nitrogens with zero attached hydrogens (tertiary/aromatic N) is 3. The molecule has 0 aliphatic carbocycles. The van der Waals surface area contributed by atoms with Gasteiger partial charge in [0.05, 0.1) is 18.4 Å². The highest BCUT2D eigenvalue weighted by Gasteiger charge is 2.35. The molecule has 2 aliphatic rings. The van der Waals surface area contributed by atoms with Crippen LogP contribution in [0.3, 0.4) is 0 Å². The van der Waals surface area contributed by atoms with Crippen LogP contribution in [0.2, 0.25) is 0 Å². The van der Waals surface area contributed by atoms with Crippen molar-refractivity contribution in [2.24, 2.45) is 0 Å². The number of benzene rings is 1. The molecule has 2 aromatic rings. The third kappa shape index (κ3) is 3.73. The second kappa shape index (κ2) is 7.60. The summed E-state index contributed by atoms with van der Waals surface area (Å²) in [6.45, 7) is 8.37. The Morgan fingerprint density at radius 1 is 1.30 bits per heavy atom. The zero-order chi connectivity index (χ0) is 19.0. The Kier molecular flexibility index (Phi) is 5.19. The summed E-state index contributed by atoms with van der Waals surface area (Å²) in [5.74, 6) is 1.20. The molecule has 2 aliphatic heterocycles.